The molecule has 1 radical (unpaired) electrons. The molecule has 10 heteroatoms. The Morgan fingerprint density at radius 1 is 0.600 bits per heavy atom. The van der Waals surface area contributed by atoms with Crippen molar-refractivity contribution < 1.29 is 33.0 Å². The second kappa shape index (κ2) is 17.8. The number of benzene rings is 4. The van der Waals surface area contributed by atoms with Crippen LogP contribution in [0.15, 0.2) is 140 Å². The molecule has 0 unspecified atom stereocenters. The van der Waals surface area contributed by atoms with Gasteiger partial charge in [-0.3, -0.25) is 10.1 Å². The van der Waals surface area contributed by atoms with Crippen LogP contribution in [0.1, 0.15) is 11.4 Å². The van der Waals surface area contributed by atoms with Gasteiger partial charge in [-0.15, -0.1) is 0 Å². The fourth-order valence-corrected chi connectivity index (χ4v) is 7.65. The SMILES string of the molecule is C[PH+](c1ccccc1)c1ccccc1.C[PH+](c1ccccc1)c1ccccc1.Cc1ccnc(-c2nc(C(F)(F)F)n[n-]2)c1.[Os+]. The fourth-order valence-electron chi connectivity index (χ4n) is 4.21. The van der Waals surface area contributed by atoms with Crippen LogP contribution < -0.4 is 26.3 Å². The molecule has 231 valence electrons. The Labute approximate surface area is 278 Å². The van der Waals surface area contributed by atoms with Crippen molar-refractivity contribution in [3.63, 3.8) is 0 Å². The molecule has 45 heavy (non-hydrogen) atoms. The van der Waals surface area contributed by atoms with Gasteiger partial charge in [0.05, 0.1) is 56.1 Å². The van der Waals surface area contributed by atoms with Gasteiger partial charge in [0.2, 0.25) is 0 Å². The van der Waals surface area contributed by atoms with E-state index in [1.54, 1.807) is 19.1 Å². The summed E-state index contributed by atoms with van der Waals surface area (Å²) in [6.45, 7) is 6.48. The first-order valence-corrected chi connectivity index (χ1v) is 18.0. The van der Waals surface area contributed by atoms with Crippen molar-refractivity contribution in [2.45, 2.75) is 13.1 Å². The third-order valence-electron chi connectivity index (χ3n) is 6.68. The summed E-state index contributed by atoms with van der Waals surface area (Å²) in [5.74, 6) is -1.36. The van der Waals surface area contributed by atoms with Gasteiger partial charge in [0.25, 0.3) is 0 Å². The predicted molar refractivity (Wildman–Crippen MR) is 181 cm³/mol. The van der Waals surface area contributed by atoms with E-state index in [1.165, 1.54) is 27.4 Å². The number of halogens is 3. The Balaban J connectivity index is 0.000000183. The summed E-state index contributed by atoms with van der Waals surface area (Å²) in [6.07, 6.45) is -3.09. The molecule has 0 aliphatic carbocycles. The van der Waals surface area contributed by atoms with E-state index in [-0.39, 0.29) is 31.3 Å². The molecule has 0 saturated carbocycles. The van der Waals surface area contributed by atoms with Crippen molar-refractivity contribution in [3.8, 4) is 11.5 Å². The topological polar surface area (TPSA) is 52.8 Å². The summed E-state index contributed by atoms with van der Waals surface area (Å²) in [4.78, 5) is 7.16. The van der Waals surface area contributed by atoms with Crippen molar-refractivity contribution in [3.05, 3.63) is 151 Å². The minimum Gasteiger partial charge on any atom is -0.413 e. The van der Waals surface area contributed by atoms with Gasteiger partial charge < -0.3 is 10.1 Å². The molecular formula is C35H34F3N4OsP2+2. The van der Waals surface area contributed by atoms with Gasteiger partial charge in [0.15, 0.2) is 0 Å². The zero-order valence-corrected chi connectivity index (χ0v) is 29.6. The summed E-state index contributed by atoms with van der Waals surface area (Å²) in [5, 5.41) is 12.2. The number of aromatic nitrogens is 4. The zero-order valence-electron chi connectivity index (χ0n) is 25.1. The second-order valence-electron chi connectivity index (χ2n) is 9.89. The number of hydrogen-bond acceptors (Lipinski definition) is 3. The molecule has 0 N–H and O–H groups in total. The first-order chi connectivity index (χ1) is 21.2. The normalized spacial score (nSPS) is 10.7. The maximum Gasteiger partial charge on any atom is 1.00 e. The minimum atomic E-state index is -4.57. The molecule has 0 spiro atoms. The summed E-state index contributed by atoms with van der Waals surface area (Å²) in [6, 6.07) is 46.3. The Bertz CT molecular complexity index is 1530. The first-order valence-electron chi connectivity index (χ1n) is 14.0. The van der Waals surface area contributed by atoms with Crippen LogP contribution in [0.25, 0.3) is 11.5 Å². The molecule has 0 aliphatic heterocycles. The number of nitrogens with zero attached hydrogens (tertiary/aromatic N) is 4. The van der Waals surface area contributed by atoms with Gasteiger partial charge in [-0.2, -0.15) is 13.2 Å². The number of aryl methyl sites for hydroxylation is 1. The Kier molecular flexibility index (Phi) is 14.2. The number of hydrogen-bond donors (Lipinski definition) is 0. The largest absolute Gasteiger partial charge is 1.00 e. The van der Waals surface area contributed by atoms with Gasteiger partial charge in [0, 0.05) is 6.20 Å². The average molecular weight is 820 g/mol. The molecule has 2 aromatic heterocycles. The molecule has 6 aromatic rings. The molecule has 6 rings (SSSR count). The van der Waals surface area contributed by atoms with Gasteiger partial charge in [-0.1, -0.05) is 72.8 Å². The molecule has 0 bridgehead atoms. The van der Waals surface area contributed by atoms with Gasteiger partial charge in [0.1, 0.15) is 5.82 Å². The predicted octanol–water partition coefficient (Wildman–Crippen LogP) is 6.78. The van der Waals surface area contributed by atoms with Crippen LogP contribution in [-0.4, -0.2) is 28.4 Å². The number of alkyl halides is 3. The van der Waals surface area contributed by atoms with Crippen molar-refractivity contribution >= 4 is 37.1 Å². The van der Waals surface area contributed by atoms with Crippen LogP contribution in [0, 0.1) is 6.92 Å². The Hall–Kier alpha value is -3.54. The fraction of sp³-hybridized carbons (Fsp3) is 0.114. The average Bonchev–Trinajstić information content (AvgIpc) is 3.58. The van der Waals surface area contributed by atoms with Crippen molar-refractivity contribution in [1.29, 1.82) is 0 Å². The summed E-state index contributed by atoms with van der Waals surface area (Å²) in [7, 11) is -1.09. The monoisotopic (exact) mass is 821 g/mol. The maximum atomic E-state index is 12.2. The second-order valence-corrected chi connectivity index (χ2v) is 14.7. The van der Waals surface area contributed by atoms with E-state index in [0.29, 0.717) is 0 Å². The van der Waals surface area contributed by atoms with Crippen LogP contribution in [0.4, 0.5) is 13.2 Å². The van der Waals surface area contributed by atoms with Gasteiger partial charge in [-0.25, -0.2) is 0 Å². The van der Waals surface area contributed by atoms with Crippen LogP contribution in [0.5, 0.6) is 0 Å². The Morgan fingerprint density at radius 2 is 0.978 bits per heavy atom. The van der Waals surface area contributed by atoms with Crippen LogP contribution in [-0.2, 0) is 26.0 Å². The minimum absolute atomic E-state index is 0. The van der Waals surface area contributed by atoms with E-state index >= 15 is 0 Å². The number of pyridine rings is 1. The van der Waals surface area contributed by atoms with Gasteiger partial charge in [-0.05, 0) is 79.0 Å². The standard InChI is InChI=1S/2C13H13P.C9H6F3N4.Os/c2*1-14(12-8-4-2-5-9-12)13-10-6-3-7-11-13;1-5-2-3-13-6(4-5)7-14-8(16-15-7)9(10,11)12;/h2*2-11H,1H3;2-4H,1H3;/q;;-1;+1/p+2. The molecular weight excluding hydrogens is 786 g/mol. The van der Waals surface area contributed by atoms with E-state index < -0.39 is 27.8 Å². The number of rotatable bonds is 5. The maximum absolute atomic E-state index is 12.2. The first kappa shape index (κ1) is 35.9. The third-order valence-corrected chi connectivity index (χ3v) is 11.5. The molecule has 2 heterocycles. The van der Waals surface area contributed by atoms with E-state index in [1.807, 2.05) is 0 Å². The molecule has 0 fully saturated rings. The summed E-state index contributed by atoms with van der Waals surface area (Å²) >= 11 is 0. The van der Waals surface area contributed by atoms with Crippen LogP contribution in [0.3, 0.4) is 0 Å². The third kappa shape index (κ3) is 11.1. The quantitative estimate of drug-likeness (QED) is 0.180. The molecule has 4 nitrogen and oxygen atoms in total. The molecule has 0 amide bonds. The van der Waals surface area contributed by atoms with E-state index in [9.17, 15) is 13.2 Å². The zero-order chi connectivity index (χ0) is 31.4. The molecule has 0 atom stereocenters. The van der Waals surface area contributed by atoms with E-state index in [2.05, 4.69) is 155 Å². The smallest absolute Gasteiger partial charge is 0.413 e. The molecule has 0 aliphatic rings. The Morgan fingerprint density at radius 3 is 1.29 bits per heavy atom. The molecule has 4 aromatic carbocycles. The van der Waals surface area contributed by atoms with Gasteiger partial charge >= 0.3 is 26.0 Å². The molecule has 0 saturated heterocycles. The van der Waals surface area contributed by atoms with E-state index in [4.69, 9.17) is 0 Å². The van der Waals surface area contributed by atoms with Crippen LogP contribution in [0.2, 0.25) is 0 Å². The van der Waals surface area contributed by atoms with E-state index in [0.717, 1.165) is 5.56 Å². The van der Waals surface area contributed by atoms with Crippen molar-refractivity contribution in [1.82, 2.24) is 20.2 Å². The summed E-state index contributed by atoms with van der Waals surface area (Å²) in [5.41, 5.74) is 1.14. The van der Waals surface area contributed by atoms with Crippen molar-refractivity contribution in [2.24, 2.45) is 0 Å². The van der Waals surface area contributed by atoms with Crippen molar-refractivity contribution in [2.75, 3.05) is 13.3 Å². The van der Waals surface area contributed by atoms with Crippen LogP contribution >= 0.6 is 15.8 Å². The summed E-state index contributed by atoms with van der Waals surface area (Å²) < 4.78 is 36.6.